The predicted molar refractivity (Wildman–Crippen MR) is 136 cm³/mol. The number of amides is 1. The van der Waals surface area contributed by atoms with Gasteiger partial charge in [0.25, 0.3) is 0 Å². The maximum Gasteiger partial charge on any atom is 0.245 e. The van der Waals surface area contributed by atoms with E-state index in [1.54, 1.807) is 6.07 Å². The van der Waals surface area contributed by atoms with Crippen LogP contribution in [0.25, 0.3) is 11.3 Å². The van der Waals surface area contributed by atoms with E-state index < -0.39 is 5.82 Å². The minimum atomic E-state index is -0.488. The highest BCUT2D eigenvalue weighted by atomic mass is 35.5. The largest absolute Gasteiger partial charge is 0.508 e. The summed E-state index contributed by atoms with van der Waals surface area (Å²) in [5, 5.41) is 14.8. The standard InChI is InChI=1S/C27H33ClFN5O2/c1-4-22(36)33-12-27(13-33)9-16(10-27)34-15(3)23(26(32-34)18-6-5-17(35)8-20(18)29)24-19-11-30-31-21(19)7-14(2)25(24)28/h4-6,8,14,16,19,21,24-25,30-31,35H,1,7,9-13H2,2-3H3. The summed E-state index contributed by atoms with van der Waals surface area (Å²) in [6.07, 6.45) is 4.24. The quantitative estimate of drug-likeness (QED) is 0.427. The molecule has 2 saturated carbocycles. The second-order valence-corrected chi connectivity index (χ2v) is 11.9. The second kappa shape index (κ2) is 8.57. The maximum absolute atomic E-state index is 15.2. The summed E-state index contributed by atoms with van der Waals surface area (Å²) in [6, 6.07) is 4.78. The van der Waals surface area contributed by atoms with Gasteiger partial charge in [0.05, 0.1) is 11.7 Å². The molecule has 4 aliphatic rings. The van der Waals surface area contributed by atoms with Crippen LogP contribution in [0.15, 0.2) is 30.9 Å². The monoisotopic (exact) mass is 513 g/mol. The van der Waals surface area contributed by atoms with E-state index in [0.29, 0.717) is 23.2 Å². The fourth-order valence-corrected chi connectivity index (χ4v) is 7.68. The smallest absolute Gasteiger partial charge is 0.245 e. The molecule has 5 atom stereocenters. The summed E-state index contributed by atoms with van der Waals surface area (Å²) in [4.78, 5) is 13.8. The maximum atomic E-state index is 15.2. The van der Waals surface area contributed by atoms with Crippen LogP contribution in [0, 0.1) is 30.0 Å². The molecule has 36 heavy (non-hydrogen) atoms. The zero-order valence-electron chi connectivity index (χ0n) is 20.7. The van der Waals surface area contributed by atoms with Crippen molar-refractivity contribution in [3.63, 3.8) is 0 Å². The first-order valence-electron chi connectivity index (χ1n) is 12.8. The average Bonchev–Trinajstić information content (AvgIpc) is 3.37. The zero-order chi connectivity index (χ0) is 25.4. The van der Waals surface area contributed by atoms with Crippen molar-refractivity contribution in [2.45, 2.75) is 56.5 Å². The molecule has 7 nitrogen and oxygen atoms in total. The van der Waals surface area contributed by atoms with Gasteiger partial charge in [-0.1, -0.05) is 13.5 Å². The topological polar surface area (TPSA) is 82.4 Å². The third-order valence-electron chi connectivity index (χ3n) is 9.08. The van der Waals surface area contributed by atoms with Gasteiger partial charge in [-0.2, -0.15) is 5.10 Å². The van der Waals surface area contributed by atoms with Crippen molar-refractivity contribution in [1.29, 1.82) is 0 Å². The third kappa shape index (κ3) is 3.60. The van der Waals surface area contributed by atoms with Crippen LogP contribution in [0.3, 0.4) is 0 Å². The number of fused-ring (bicyclic) bond motifs is 1. The van der Waals surface area contributed by atoms with E-state index in [1.165, 1.54) is 12.1 Å². The number of benzene rings is 1. The fraction of sp³-hybridized carbons (Fsp3) is 0.556. The Bertz CT molecular complexity index is 1220. The van der Waals surface area contributed by atoms with Crippen molar-refractivity contribution in [2.24, 2.45) is 17.3 Å². The van der Waals surface area contributed by atoms with Gasteiger partial charge in [-0.15, -0.1) is 11.6 Å². The molecule has 2 saturated heterocycles. The minimum Gasteiger partial charge on any atom is -0.508 e. The first-order valence-corrected chi connectivity index (χ1v) is 13.3. The first-order chi connectivity index (χ1) is 17.2. The lowest BCUT2D eigenvalue weighted by molar-refractivity contribution is -0.149. The van der Waals surface area contributed by atoms with E-state index in [9.17, 15) is 9.90 Å². The van der Waals surface area contributed by atoms with E-state index in [2.05, 4.69) is 36.0 Å². The van der Waals surface area contributed by atoms with Gasteiger partial charge < -0.3 is 10.0 Å². The highest BCUT2D eigenvalue weighted by Crippen LogP contribution is 2.56. The zero-order valence-corrected chi connectivity index (χ0v) is 21.4. The summed E-state index contributed by atoms with van der Waals surface area (Å²) in [6.45, 7) is 10.2. The fourth-order valence-electron chi connectivity index (χ4n) is 7.26. The summed E-state index contributed by atoms with van der Waals surface area (Å²) >= 11 is 7.13. The minimum absolute atomic E-state index is 0.0123. The van der Waals surface area contributed by atoms with Crippen molar-refractivity contribution < 1.29 is 14.3 Å². The van der Waals surface area contributed by atoms with Gasteiger partial charge in [0, 0.05) is 65.3 Å². The van der Waals surface area contributed by atoms with Crippen molar-refractivity contribution in [3.05, 3.63) is 47.9 Å². The average molecular weight is 514 g/mol. The number of phenols is 1. The molecule has 9 heteroatoms. The summed E-state index contributed by atoms with van der Waals surface area (Å²) in [5.74, 6) is -0.0299. The first kappa shape index (κ1) is 23.9. The van der Waals surface area contributed by atoms with Crippen LogP contribution in [0.2, 0.25) is 0 Å². The van der Waals surface area contributed by atoms with Crippen molar-refractivity contribution in [3.8, 4) is 17.0 Å². The number of nitrogens with zero attached hydrogens (tertiary/aromatic N) is 3. The van der Waals surface area contributed by atoms with Crippen LogP contribution >= 0.6 is 11.6 Å². The molecule has 3 N–H and O–H groups in total. The van der Waals surface area contributed by atoms with Crippen LogP contribution in [0.1, 0.15) is 49.4 Å². The molecular formula is C27H33ClFN5O2. The lowest BCUT2D eigenvalue weighted by Crippen LogP contribution is -2.63. The van der Waals surface area contributed by atoms with Gasteiger partial charge >= 0.3 is 0 Å². The van der Waals surface area contributed by atoms with E-state index in [0.717, 1.165) is 56.2 Å². The lowest BCUT2D eigenvalue weighted by atomic mass is 9.60. The van der Waals surface area contributed by atoms with Gasteiger partial charge in [0.2, 0.25) is 5.91 Å². The SMILES string of the molecule is C=CC(=O)N1CC2(CC(n3nc(-c4ccc(O)cc4F)c(C4C(Cl)C(C)CC5NNCC54)c3C)C2)C1. The third-order valence-corrected chi connectivity index (χ3v) is 9.78. The molecule has 1 amide bonds. The van der Waals surface area contributed by atoms with Crippen molar-refractivity contribution in [2.75, 3.05) is 19.6 Å². The number of carbonyl (C=O) groups is 1. The van der Waals surface area contributed by atoms with Crippen LogP contribution in [-0.4, -0.2) is 56.7 Å². The molecule has 4 fully saturated rings. The van der Waals surface area contributed by atoms with E-state index in [1.807, 2.05) is 4.90 Å². The molecular weight excluding hydrogens is 481 g/mol. The molecule has 2 aliphatic heterocycles. The molecule has 1 aromatic heterocycles. The molecule has 2 aliphatic carbocycles. The van der Waals surface area contributed by atoms with Gasteiger partial charge in [0.1, 0.15) is 11.6 Å². The molecule has 0 radical (unpaired) electrons. The number of rotatable bonds is 4. The van der Waals surface area contributed by atoms with Crippen molar-refractivity contribution in [1.82, 2.24) is 25.5 Å². The van der Waals surface area contributed by atoms with Gasteiger partial charge in [-0.25, -0.2) is 4.39 Å². The van der Waals surface area contributed by atoms with E-state index in [4.69, 9.17) is 16.7 Å². The van der Waals surface area contributed by atoms with Crippen LogP contribution in [-0.2, 0) is 4.79 Å². The Morgan fingerprint density at radius 2 is 2.11 bits per heavy atom. The molecule has 1 spiro atoms. The van der Waals surface area contributed by atoms with Crippen LogP contribution < -0.4 is 10.9 Å². The molecule has 5 unspecified atom stereocenters. The number of likely N-dealkylation sites (tertiary alicyclic amines) is 1. The second-order valence-electron chi connectivity index (χ2n) is 11.4. The Kier molecular flexibility index (Phi) is 5.70. The number of hydrogen-bond acceptors (Lipinski definition) is 5. The number of halogens is 2. The molecule has 0 bridgehead atoms. The van der Waals surface area contributed by atoms with Crippen LogP contribution in [0.5, 0.6) is 5.75 Å². The summed E-state index contributed by atoms with van der Waals surface area (Å²) in [7, 11) is 0. The molecule has 3 heterocycles. The van der Waals surface area contributed by atoms with Gasteiger partial charge in [-0.05, 0) is 56.2 Å². The van der Waals surface area contributed by atoms with Gasteiger partial charge in [-0.3, -0.25) is 20.3 Å². The number of aromatic hydroxyl groups is 1. The summed E-state index contributed by atoms with van der Waals surface area (Å²) < 4.78 is 17.3. The Hall–Kier alpha value is -2.42. The highest BCUT2D eigenvalue weighted by Gasteiger charge is 2.55. The van der Waals surface area contributed by atoms with Crippen LogP contribution in [0.4, 0.5) is 4.39 Å². The number of carbonyl (C=O) groups excluding carboxylic acids is 1. The molecule has 2 aromatic rings. The summed E-state index contributed by atoms with van der Waals surface area (Å²) in [5.41, 5.74) is 9.95. The number of aromatic nitrogens is 2. The number of nitrogens with one attached hydrogen (secondary N) is 2. The molecule has 192 valence electrons. The number of hydrogen-bond donors (Lipinski definition) is 3. The Balaban J connectivity index is 1.38. The van der Waals surface area contributed by atoms with Gasteiger partial charge in [0.15, 0.2) is 0 Å². The number of hydrazine groups is 1. The molecule has 1 aromatic carbocycles. The molecule has 6 rings (SSSR count). The Morgan fingerprint density at radius 3 is 2.81 bits per heavy atom. The number of alkyl halides is 1. The predicted octanol–water partition coefficient (Wildman–Crippen LogP) is 3.88. The highest BCUT2D eigenvalue weighted by molar-refractivity contribution is 6.21. The number of phenolic OH excluding ortho intramolecular Hbond substituents is 1. The normalized spacial score (nSPS) is 31.1. The van der Waals surface area contributed by atoms with E-state index >= 15 is 4.39 Å². The van der Waals surface area contributed by atoms with E-state index in [-0.39, 0.29) is 40.3 Å². The Labute approximate surface area is 215 Å². The Morgan fingerprint density at radius 1 is 1.36 bits per heavy atom. The lowest BCUT2D eigenvalue weighted by Gasteiger charge is -2.58. The van der Waals surface area contributed by atoms with Crippen molar-refractivity contribution >= 4 is 17.5 Å².